The number of fused-ring (bicyclic) bond motifs is 2. The molecular weight excluding hydrogens is 209 g/mol. The molecule has 0 aromatic heterocycles. The smallest absolute Gasteiger partial charge is 0.451 e. The molecule has 0 amide bonds. The van der Waals surface area contributed by atoms with Gasteiger partial charge in [-0.25, -0.2) is 0 Å². The molecule has 1 aliphatic carbocycles. The van der Waals surface area contributed by atoms with Crippen molar-refractivity contribution in [3.8, 4) is 0 Å². The first-order chi connectivity index (χ1) is 7.56. The minimum atomic E-state index is -1.27. The standard InChI is InChI=1S/C10H18BNO4/c13-9(14)10-4-3-7(6-12-10)8(10)2-1-5-11(15)16/h7-8,12,15-16H,1-6H2,(H,13,14). The Morgan fingerprint density at radius 1 is 1.50 bits per heavy atom. The van der Waals surface area contributed by atoms with E-state index in [0.717, 1.165) is 19.4 Å². The first-order valence-corrected chi connectivity index (χ1v) is 5.91. The molecule has 2 rings (SSSR count). The summed E-state index contributed by atoms with van der Waals surface area (Å²) in [6, 6.07) is 0. The van der Waals surface area contributed by atoms with Crippen LogP contribution in [-0.2, 0) is 4.79 Å². The molecule has 0 spiro atoms. The molecule has 90 valence electrons. The van der Waals surface area contributed by atoms with Gasteiger partial charge in [0.05, 0.1) is 0 Å². The lowest BCUT2D eigenvalue weighted by molar-refractivity contribution is -0.145. The van der Waals surface area contributed by atoms with Gasteiger partial charge in [0.15, 0.2) is 0 Å². The number of nitrogens with one attached hydrogen (secondary N) is 1. The lowest BCUT2D eigenvalue weighted by Crippen LogP contribution is -2.51. The predicted molar refractivity (Wildman–Crippen MR) is 58.8 cm³/mol. The fraction of sp³-hybridized carbons (Fsp3) is 0.900. The molecule has 2 bridgehead atoms. The number of aliphatic carboxylic acids is 1. The minimum Gasteiger partial charge on any atom is -0.480 e. The van der Waals surface area contributed by atoms with Gasteiger partial charge >= 0.3 is 13.1 Å². The summed E-state index contributed by atoms with van der Waals surface area (Å²) in [5.74, 6) is -0.141. The van der Waals surface area contributed by atoms with Crippen LogP contribution in [0.1, 0.15) is 25.7 Å². The Morgan fingerprint density at radius 3 is 2.75 bits per heavy atom. The molecule has 0 aromatic rings. The van der Waals surface area contributed by atoms with Crippen molar-refractivity contribution in [3.63, 3.8) is 0 Å². The van der Waals surface area contributed by atoms with Gasteiger partial charge < -0.3 is 20.5 Å². The summed E-state index contributed by atoms with van der Waals surface area (Å²) in [4.78, 5) is 11.3. The van der Waals surface area contributed by atoms with Crippen LogP contribution in [0.3, 0.4) is 0 Å². The van der Waals surface area contributed by atoms with Gasteiger partial charge in [0, 0.05) is 0 Å². The minimum absolute atomic E-state index is 0.156. The number of hydrogen-bond acceptors (Lipinski definition) is 4. The normalized spacial score (nSPS) is 36.6. The zero-order valence-corrected chi connectivity index (χ0v) is 9.22. The molecule has 6 heteroatoms. The Bertz CT molecular complexity index is 276. The SMILES string of the molecule is O=C(O)C12CCC(CN1)C2CCCB(O)O. The highest BCUT2D eigenvalue weighted by Gasteiger charge is 2.57. The molecule has 3 atom stereocenters. The Kier molecular flexibility index (Phi) is 3.23. The van der Waals surface area contributed by atoms with Crippen LogP contribution in [0.4, 0.5) is 0 Å². The topological polar surface area (TPSA) is 89.8 Å². The molecule has 16 heavy (non-hydrogen) atoms. The van der Waals surface area contributed by atoms with Gasteiger partial charge in [-0.15, -0.1) is 0 Å². The molecule has 1 heterocycles. The fourth-order valence-electron chi connectivity index (χ4n) is 3.32. The maximum Gasteiger partial charge on any atom is 0.451 e. The van der Waals surface area contributed by atoms with E-state index in [0.29, 0.717) is 25.1 Å². The van der Waals surface area contributed by atoms with Gasteiger partial charge in [-0.1, -0.05) is 6.42 Å². The number of carboxylic acids is 1. The van der Waals surface area contributed by atoms with Crippen molar-refractivity contribution in [2.75, 3.05) is 6.54 Å². The van der Waals surface area contributed by atoms with E-state index in [-0.39, 0.29) is 5.92 Å². The maximum atomic E-state index is 11.3. The highest BCUT2D eigenvalue weighted by atomic mass is 16.4. The summed E-state index contributed by atoms with van der Waals surface area (Å²) >= 11 is 0. The van der Waals surface area contributed by atoms with E-state index >= 15 is 0 Å². The monoisotopic (exact) mass is 227 g/mol. The fourth-order valence-corrected chi connectivity index (χ4v) is 3.32. The van der Waals surface area contributed by atoms with Crippen LogP contribution in [0.2, 0.25) is 6.32 Å². The molecule has 2 fully saturated rings. The van der Waals surface area contributed by atoms with Crippen molar-refractivity contribution in [2.45, 2.75) is 37.5 Å². The molecule has 0 radical (unpaired) electrons. The van der Waals surface area contributed by atoms with Crippen LogP contribution in [0.15, 0.2) is 0 Å². The average Bonchev–Trinajstić information content (AvgIpc) is 2.74. The van der Waals surface area contributed by atoms with E-state index in [4.69, 9.17) is 10.0 Å². The van der Waals surface area contributed by atoms with Gasteiger partial charge in [-0.2, -0.15) is 0 Å². The van der Waals surface area contributed by atoms with Gasteiger partial charge in [0.1, 0.15) is 5.54 Å². The van der Waals surface area contributed by atoms with Crippen LogP contribution >= 0.6 is 0 Å². The zero-order valence-electron chi connectivity index (χ0n) is 9.22. The van der Waals surface area contributed by atoms with Crippen molar-refractivity contribution >= 4 is 13.1 Å². The molecule has 4 N–H and O–H groups in total. The van der Waals surface area contributed by atoms with E-state index in [9.17, 15) is 9.90 Å². The molecule has 5 nitrogen and oxygen atoms in total. The highest BCUT2D eigenvalue weighted by molar-refractivity contribution is 6.40. The second-order valence-corrected chi connectivity index (χ2v) is 4.97. The summed E-state index contributed by atoms with van der Waals surface area (Å²) in [5, 5.41) is 30.0. The molecule has 3 unspecified atom stereocenters. The molecule has 1 aliphatic heterocycles. The summed E-state index contributed by atoms with van der Waals surface area (Å²) in [6.45, 7) is 0.790. The lowest BCUT2D eigenvalue weighted by Gasteiger charge is -2.27. The summed E-state index contributed by atoms with van der Waals surface area (Å²) in [7, 11) is -1.27. The Balaban J connectivity index is 1.95. The average molecular weight is 227 g/mol. The van der Waals surface area contributed by atoms with Gasteiger partial charge in [0.25, 0.3) is 0 Å². The van der Waals surface area contributed by atoms with E-state index in [1.807, 2.05) is 0 Å². The summed E-state index contributed by atoms with van der Waals surface area (Å²) < 4.78 is 0. The van der Waals surface area contributed by atoms with Gasteiger partial charge in [-0.3, -0.25) is 4.79 Å². The van der Waals surface area contributed by atoms with E-state index in [2.05, 4.69) is 5.32 Å². The van der Waals surface area contributed by atoms with Gasteiger partial charge in [0.2, 0.25) is 0 Å². The number of rotatable bonds is 5. The number of carboxylic acid groups (broad SMARTS) is 1. The van der Waals surface area contributed by atoms with E-state index in [1.54, 1.807) is 0 Å². The van der Waals surface area contributed by atoms with E-state index < -0.39 is 18.6 Å². The van der Waals surface area contributed by atoms with Crippen molar-refractivity contribution < 1.29 is 19.9 Å². The molecule has 1 saturated heterocycles. The molecular formula is C10H18BNO4. The quantitative estimate of drug-likeness (QED) is 0.484. The Labute approximate surface area is 95.0 Å². The van der Waals surface area contributed by atoms with Crippen LogP contribution in [0.5, 0.6) is 0 Å². The van der Waals surface area contributed by atoms with Crippen LogP contribution in [0, 0.1) is 11.8 Å². The Hall–Kier alpha value is -0.585. The first-order valence-electron chi connectivity index (χ1n) is 5.91. The van der Waals surface area contributed by atoms with Crippen molar-refractivity contribution in [3.05, 3.63) is 0 Å². The molecule has 1 saturated carbocycles. The predicted octanol–water partition coefficient (Wildman–Crippen LogP) is -0.308. The number of piperidine rings is 1. The third kappa shape index (κ3) is 1.85. The first kappa shape index (κ1) is 11.9. The van der Waals surface area contributed by atoms with Crippen molar-refractivity contribution in [2.24, 2.45) is 11.8 Å². The van der Waals surface area contributed by atoms with Crippen LogP contribution in [0.25, 0.3) is 0 Å². The molecule has 0 aromatic carbocycles. The number of hydrogen-bond donors (Lipinski definition) is 4. The largest absolute Gasteiger partial charge is 0.480 e. The zero-order chi connectivity index (χ0) is 11.8. The third-order valence-corrected chi connectivity index (χ3v) is 4.15. The second-order valence-electron chi connectivity index (χ2n) is 4.97. The maximum absolute atomic E-state index is 11.3. The summed E-state index contributed by atoms with van der Waals surface area (Å²) in [6.07, 6.45) is 3.46. The van der Waals surface area contributed by atoms with E-state index in [1.165, 1.54) is 0 Å². The van der Waals surface area contributed by atoms with Crippen LogP contribution < -0.4 is 5.32 Å². The van der Waals surface area contributed by atoms with Crippen LogP contribution in [-0.4, -0.2) is 40.3 Å². The lowest BCUT2D eigenvalue weighted by atomic mass is 9.78. The van der Waals surface area contributed by atoms with Crippen molar-refractivity contribution in [1.29, 1.82) is 0 Å². The Morgan fingerprint density at radius 2 is 2.25 bits per heavy atom. The van der Waals surface area contributed by atoms with Crippen molar-refractivity contribution in [1.82, 2.24) is 5.32 Å². The number of carbonyl (C=O) groups is 1. The van der Waals surface area contributed by atoms with Gasteiger partial charge in [-0.05, 0) is 44.0 Å². The summed E-state index contributed by atoms with van der Waals surface area (Å²) in [5.41, 5.74) is -0.731. The second kappa shape index (κ2) is 4.35. The molecule has 2 aliphatic rings. The highest BCUT2D eigenvalue weighted by Crippen LogP contribution is 2.47. The third-order valence-electron chi connectivity index (χ3n) is 4.15.